The van der Waals surface area contributed by atoms with Crippen molar-refractivity contribution in [2.75, 3.05) is 41.3 Å². The number of carbonyl (C=O) groups is 5. The number of carbonyl (C=O) groups excluding carboxylic acids is 5. The molecule has 9 rings (SSSR count). The lowest BCUT2D eigenvalue weighted by atomic mass is 9.86. The Balaban J connectivity index is 0.816. The maximum atomic E-state index is 13.7. The second-order valence-electron chi connectivity index (χ2n) is 14.7. The molecule has 16 nitrogen and oxygen atoms in total. The van der Waals surface area contributed by atoms with Gasteiger partial charge in [-0.2, -0.15) is 0 Å². The van der Waals surface area contributed by atoms with Crippen molar-refractivity contribution >= 4 is 57.9 Å². The minimum atomic E-state index is -1.00. The molecule has 56 heavy (non-hydrogen) atoms. The van der Waals surface area contributed by atoms with Gasteiger partial charge in [-0.25, -0.2) is 19.9 Å². The standard InChI is InChI=1S/C40H39N11O5/c1-23-5-2-9-29(45-23)37(53)46-25-18-27(19-25)50-22-44-34-35(42-21-43-36(34)50)41-20-24-6-3-7-26(17-24)48-13-15-49(16-14-48)30-10-4-8-28-33(30)40(56)51(39(28)55)31-11-12-32(52)47-38(31)54/h2-10,17,21-22,25,27,31H,11-16,18-20H2,1H3,(H,46,53)(H,41,42,43)(H,47,52,54). The Morgan fingerprint density at radius 3 is 2.48 bits per heavy atom. The highest BCUT2D eigenvalue weighted by Crippen LogP contribution is 2.36. The summed E-state index contributed by atoms with van der Waals surface area (Å²) in [5, 5.41) is 8.79. The van der Waals surface area contributed by atoms with Crippen molar-refractivity contribution < 1.29 is 24.0 Å². The molecule has 0 spiro atoms. The molecule has 5 amide bonds. The maximum absolute atomic E-state index is 13.7. The largest absolute Gasteiger partial charge is 0.368 e. The number of piperidine rings is 1. The van der Waals surface area contributed by atoms with Crippen molar-refractivity contribution in [1.29, 1.82) is 0 Å². The molecule has 0 bridgehead atoms. The number of piperazine rings is 1. The molecule has 1 atom stereocenters. The first-order valence-electron chi connectivity index (χ1n) is 18.8. The van der Waals surface area contributed by atoms with Crippen LogP contribution in [0.15, 0.2) is 73.3 Å². The summed E-state index contributed by atoms with van der Waals surface area (Å²) in [7, 11) is 0. The fraction of sp³-hybridized carbons (Fsp3) is 0.325. The van der Waals surface area contributed by atoms with E-state index in [1.165, 1.54) is 6.33 Å². The molecule has 5 aromatic rings. The molecule has 2 saturated heterocycles. The molecule has 6 heterocycles. The topological polar surface area (TPSA) is 188 Å². The SMILES string of the molecule is Cc1cccc(C(=O)NC2CC(n3cnc4c(NCc5cccc(N6CCN(c7cccc8c7C(=O)N(C7CCC(=O)NC7=O)C8=O)CC6)c5)ncnc43)C2)n1. The Morgan fingerprint density at radius 2 is 1.68 bits per heavy atom. The molecule has 16 heteroatoms. The van der Waals surface area contributed by atoms with Gasteiger partial charge in [0.05, 0.1) is 23.1 Å². The number of amides is 5. The van der Waals surface area contributed by atoms with E-state index in [1.54, 1.807) is 24.5 Å². The highest BCUT2D eigenvalue weighted by atomic mass is 16.2. The first-order chi connectivity index (χ1) is 27.2. The number of rotatable bonds is 9. The normalized spacial score (nSPS) is 20.9. The van der Waals surface area contributed by atoms with Gasteiger partial charge < -0.3 is 25.0 Å². The number of nitrogens with zero attached hydrogens (tertiary/aromatic N) is 8. The van der Waals surface area contributed by atoms with Crippen molar-refractivity contribution in [2.45, 2.75) is 57.3 Å². The monoisotopic (exact) mass is 753 g/mol. The van der Waals surface area contributed by atoms with Crippen molar-refractivity contribution in [1.82, 2.24) is 40.0 Å². The predicted molar refractivity (Wildman–Crippen MR) is 205 cm³/mol. The lowest BCUT2D eigenvalue weighted by Gasteiger charge is -2.38. The maximum Gasteiger partial charge on any atom is 0.270 e. The third-order valence-corrected chi connectivity index (χ3v) is 11.1. The lowest BCUT2D eigenvalue weighted by Crippen LogP contribution is -2.54. The lowest BCUT2D eigenvalue weighted by molar-refractivity contribution is -0.136. The second-order valence-corrected chi connectivity index (χ2v) is 14.7. The minimum Gasteiger partial charge on any atom is -0.368 e. The fourth-order valence-corrected chi connectivity index (χ4v) is 8.13. The number of hydrogen-bond donors (Lipinski definition) is 3. The zero-order valence-corrected chi connectivity index (χ0v) is 30.6. The van der Waals surface area contributed by atoms with Crippen LogP contribution < -0.4 is 25.8 Å². The molecule has 3 N–H and O–H groups in total. The molecular formula is C40H39N11O5. The van der Waals surface area contributed by atoms with Crippen molar-refractivity contribution in [2.24, 2.45) is 0 Å². The Hall–Kier alpha value is -6.71. The zero-order valence-electron chi connectivity index (χ0n) is 30.6. The minimum absolute atomic E-state index is 0.0497. The van der Waals surface area contributed by atoms with Crippen LogP contribution in [0.1, 0.15) is 74.2 Å². The number of nitrogens with one attached hydrogen (secondary N) is 3. The Kier molecular flexibility index (Phi) is 8.86. The first-order valence-corrected chi connectivity index (χ1v) is 18.8. The summed E-state index contributed by atoms with van der Waals surface area (Å²) in [5.74, 6) is -1.56. The van der Waals surface area contributed by atoms with Gasteiger partial charge in [-0.1, -0.05) is 24.3 Å². The molecule has 1 aliphatic carbocycles. The van der Waals surface area contributed by atoms with Crippen molar-refractivity contribution in [3.05, 3.63) is 101 Å². The van der Waals surface area contributed by atoms with E-state index in [0.717, 1.165) is 40.3 Å². The molecule has 4 aliphatic rings. The first kappa shape index (κ1) is 35.0. The predicted octanol–water partition coefficient (Wildman–Crippen LogP) is 3.00. The van der Waals surface area contributed by atoms with E-state index < -0.39 is 29.7 Å². The fourth-order valence-electron chi connectivity index (χ4n) is 8.13. The molecule has 3 aromatic heterocycles. The van der Waals surface area contributed by atoms with E-state index in [4.69, 9.17) is 0 Å². The van der Waals surface area contributed by atoms with Crippen LogP contribution in [0, 0.1) is 6.92 Å². The molecule has 284 valence electrons. The molecular weight excluding hydrogens is 715 g/mol. The van der Waals surface area contributed by atoms with Crippen LogP contribution >= 0.6 is 0 Å². The molecule has 0 radical (unpaired) electrons. The van der Waals surface area contributed by atoms with Gasteiger partial charge in [0.25, 0.3) is 17.7 Å². The summed E-state index contributed by atoms with van der Waals surface area (Å²) in [5.41, 5.74) is 6.04. The quantitative estimate of drug-likeness (QED) is 0.187. The van der Waals surface area contributed by atoms with E-state index in [0.29, 0.717) is 61.0 Å². The molecule has 3 aliphatic heterocycles. The third kappa shape index (κ3) is 6.35. The van der Waals surface area contributed by atoms with Gasteiger partial charge in [-0.15, -0.1) is 0 Å². The van der Waals surface area contributed by atoms with Gasteiger partial charge in [-0.3, -0.25) is 34.2 Å². The molecule has 1 saturated carbocycles. The highest BCUT2D eigenvalue weighted by Gasteiger charge is 2.46. The van der Waals surface area contributed by atoms with Crippen LogP contribution in [0.4, 0.5) is 17.2 Å². The Bertz CT molecular complexity index is 2420. The summed E-state index contributed by atoms with van der Waals surface area (Å²) >= 11 is 0. The average Bonchev–Trinajstić information content (AvgIpc) is 3.73. The zero-order chi connectivity index (χ0) is 38.5. The molecule has 2 aromatic carbocycles. The van der Waals surface area contributed by atoms with Gasteiger partial charge in [0.1, 0.15) is 23.6 Å². The third-order valence-electron chi connectivity index (χ3n) is 11.1. The van der Waals surface area contributed by atoms with Gasteiger partial charge in [0.2, 0.25) is 11.8 Å². The molecule has 1 unspecified atom stereocenters. The van der Waals surface area contributed by atoms with Crippen LogP contribution in [0.25, 0.3) is 11.2 Å². The Labute approximate surface area is 321 Å². The van der Waals surface area contributed by atoms with E-state index in [9.17, 15) is 24.0 Å². The number of aromatic nitrogens is 5. The highest BCUT2D eigenvalue weighted by molar-refractivity contribution is 6.25. The average molecular weight is 754 g/mol. The van der Waals surface area contributed by atoms with Crippen molar-refractivity contribution in [3.8, 4) is 0 Å². The summed E-state index contributed by atoms with van der Waals surface area (Å²) in [6, 6.07) is 18.2. The summed E-state index contributed by atoms with van der Waals surface area (Å²) in [4.78, 5) is 87.4. The van der Waals surface area contributed by atoms with E-state index in [1.807, 2.05) is 31.2 Å². The smallest absolute Gasteiger partial charge is 0.270 e. The summed E-state index contributed by atoms with van der Waals surface area (Å²) in [6.07, 6.45) is 5.06. The molecule has 3 fully saturated rings. The van der Waals surface area contributed by atoms with Crippen LogP contribution in [0.5, 0.6) is 0 Å². The number of pyridine rings is 1. The summed E-state index contributed by atoms with van der Waals surface area (Å²) < 4.78 is 2.06. The van der Waals surface area contributed by atoms with E-state index in [2.05, 4.69) is 68.5 Å². The number of imidazole rings is 1. The Morgan fingerprint density at radius 1 is 0.893 bits per heavy atom. The van der Waals surface area contributed by atoms with Gasteiger partial charge in [-0.05, 0) is 68.1 Å². The number of fused-ring (bicyclic) bond motifs is 2. The number of anilines is 3. The van der Waals surface area contributed by atoms with Gasteiger partial charge >= 0.3 is 0 Å². The number of imide groups is 2. The van der Waals surface area contributed by atoms with Gasteiger partial charge in [0.15, 0.2) is 11.5 Å². The van der Waals surface area contributed by atoms with Crippen molar-refractivity contribution in [3.63, 3.8) is 0 Å². The number of hydrogen-bond acceptors (Lipinski definition) is 12. The van der Waals surface area contributed by atoms with Crippen LogP contribution in [0.3, 0.4) is 0 Å². The van der Waals surface area contributed by atoms with E-state index in [-0.39, 0.29) is 36.4 Å². The van der Waals surface area contributed by atoms with Crippen LogP contribution in [0.2, 0.25) is 0 Å². The van der Waals surface area contributed by atoms with Gasteiger partial charge in [0, 0.05) is 62.6 Å². The second kappa shape index (κ2) is 14.2. The number of benzene rings is 2. The van der Waals surface area contributed by atoms with E-state index >= 15 is 0 Å². The van der Waals surface area contributed by atoms with Crippen LogP contribution in [-0.2, 0) is 16.1 Å². The number of aryl methyl sites for hydroxylation is 1. The van der Waals surface area contributed by atoms with Crippen LogP contribution in [-0.4, -0.2) is 97.2 Å². The summed E-state index contributed by atoms with van der Waals surface area (Å²) in [6.45, 7) is 5.02.